The van der Waals surface area contributed by atoms with E-state index in [2.05, 4.69) is 15.4 Å². The topological polar surface area (TPSA) is 76.9 Å². The number of hydrogen-bond donors (Lipinski definition) is 1. The van der Waals surface area contributed by atoms with Gasteiger partial charge in [-0.3, -0.25) is 14.3 Å². The molecular weight excluding hydrogens is 391 g/mol. The van der Waals surface area contributed by atoms with Crippen LogP contribution in [-0.4, -0.2) is 26.5 Å². The lowest BCUT2D eigenvalue weighted by Gasteiger charge is -2.00. The van der Waals surface area contributed by atoms with E-state index in [1.54, 1.807) is 22.3 Å². The van der Waals surface area contributed by atoms with Crippen LogP contribution in [0.25, 0.3) is 6.08 Å². The number of thiazole rings is 1. The van der Waals surface area contributed by atoms with Crippen LogP contribution in [0.5, 0.6) is 0 Å². The summed E-state index contributed by atoms with van der Waals surface area (Å²) in [5.74, 6) is -0.547. The van der Waals surface area contributed by atoms with Crippen molar-refractivity contribution in [2.24, 2.45) is 0 Å². The van der Waals surface area contributed by atoms with Crippen molar-refractivity contribution < 1.29 is 14.0 Å². The summed E-state index contributed by atoms with van der Waals surface area (Å²) in [6.45, 7) is 1.86. The van der Waals surface area contributed by atoms with Crippen molar-refractivity contribution in [3.63, 3.8) is 0 Å². The normalized spacial score (nSPS) is 11.1. The van der Waals surface area contributed by atoms with Crippen molar-refractivity contribution in [2.45, 2.75) is 13.5 Å². The van der Waals surface area contributed by atoms with Crippen molar-refractivity contribution in [1.82, 2.24) is 14.8 Å². The molecule has 0 aliphatic carbocycles. The monoisotopic (exact) mass is 404 g/mol. The molecule has 9 heteroatoms. The average molecular weight is 405 g/mol. The third kappa shape index (κ3) is 5.08. The minimum Gasteiger partial charge on any atom is -0.306 e. The second-order valence-electron chi connectivity index (χ2n) is 5.57. The number of anilines is 1. The number of rotatable bonds is 6. The number of nitrogens with zero attached hydrogens (tertiary/aromatic N) is 3. The van der Waals surface area contributed by atoms with Crippen LogP contribution in [0, 0.1) is 5.82 Å². The quantitative estimate of drug-likeness (QED) is 0.497. The summed E-state index contributed by atoms with van der Waals surface area (Å²) in [6.07, 6.45) is 4.48. The van der Waals surface area contributed by atoms with Gasteiger partial charge in [-0.15, -0.1) is 11.3 Å². The number of benzene rings is 1. The van der Waals surface area contributed by atoms with Crippen LogP contribution in [-0.2, 0) is 11.3 Å². The van der Waals surface area contributed by atoms with Gasteiger partial charge in [0.15, 0.2) is 11.6 Å². The first kappa shape index (κ1) is 18.9. The van der Waals surface area contributed by atoms with Gasteiger partial charge in [0.2, 0.25) is 5.91 Å². The molecule has 0 fully saturated rings. The van der Waals surface area contributed by atoms with Gasteiger partial charge in [0.1, 0.15) is 16.5 Å². The molecule has 0 bridgehead atoms. The van der Waals surface area contributed by atoms with E-state index < -0.39 is 11.7 Å². The molecule has 2 aromatic heterocycles. The molecule has 0 aliphatic heterocycles. The van der Waals surface area contributed by atoms with Gasteiger partial charge in [0.05, 0.1) is 11.6 Å². The first-order chi connectivity index (χ1) is 12.9. The summed E-state index contributed by atoms with van der Waals surface area (Å²) in [7, 11) is 0. The maximum Gasteiger partial charge on any atom is 0.249 e. The molecule has 0 aliphatic rings. The third-order valence-corrected chi connectivity index (χ3v) is 4.64. The fourth-order valence-electron chi connectivity index (χ4n) is 2.17. The predicted octanol–water partition coefficient (Wildman–Crippen LogP) is 4.03. The highest BCUT2D eigenvalue weighted by Gasteiger charge is 2.08. The van der Waals surface area contributed by atoms with Crippen molar-refractivity contribution in [3.8, 4) is 0 Å². The van der Waals surface area contributed by atoms with Gasteiger partial charge >= 0.3 is 0 Å². The Labute approximate surface area is 163 Å². The molecule has 2 heterocycles. The van der Waals surface area contributed by atoms with E-state index in [0.717, 1.165) is 5.01 Å². The maximum atomic E-state index is 13.0. The number of Topliss-reactive ketones (excluding diaryl/α,β-unsaturated/α-hetero) is 1. The van der Waals surface area contributed by atoms with Crippen LogP contribution in [0.1, 0.15) is 28.0 Å². The number of hydrogen-bond acceptors (Lipinski definition) is 5. The van der Waals surface area contributed by atoms with E-state index >= 15 is 0 Å². The summed E-state index contributed by atoms with van der Waals surface area (Å²) >= 11 is 7.28. The predicted molar refractivity (Wildman–Crippen MR) is 103 cm³/mol. The van der Waals surface area contributed by atoms with Crippen LogP contribution < -0.4 is 5.32 Å². The van der Waals surface area contributed by atoms with Crippen LogP contribution in [0.2, 0.25) is 5.02 Å². The zero-order valence-electron chi connectivity index (χ0n) is 14.1. The second kappa shape index (κ2) is 8.24. The summed E-state index contributed by atoms with van der Waals surface area (Å²) in [5.41, 5.74) is 0.962. The molecule has 0 atom stereocenters. The molecule has 0 radical (unpaired) electrons. The zero-order chi connectivity index (χ0) is 19.4. The molecule has 0 spiro atoms. The number of aromatic nitrogens is 3. The molecule has 138 valence electrons. The summed E-state index contributed by atoms with van der Waals surface area (Å²) < 4.78 is 14.6. The van der Waals surface area contributed by atoms with Gasteiger partial charge in [-0.2, -0.15) is 5.10 Å². The maximum absolute atomic E-state index is 13.0. The highest BCUT2D eigenvalue weighted by Crippen LogP contribution is 2.18. The van der Waals surface area contributed by atoms with E-state index in [-0.39, 0.29) is 10.8 Å². The minimum absolute atomic E-state index is 0.0843. The van der Waals surface area contributed by atoms with Crippen molar-refractivity contribution in [3.05, 3.63) is 69.0 Å². The van der Waals surface area contributed by atoms with Crippen LogP contribution in [0.3, 0.4) is 0 Å². The summed E-state index contributed by atoms with van der Waals surface area (Å²) in [5, 5.41) is 9.53. The Morgan fingerprint density at radius 1 is 1.37 bits per heavy atom. The fraction of sp³-hybridized carbons (Fsp3) is 0.111. The third-order valence-electron chi connectivity index (χ3n) is 3.48. The zero-order valence-corrected chi connectivity index (χ0v) is 15.7. The molecule has 0 saturated carbocycles. The lowest BCUT2D eigenvalue weighted by Crippen LogP contribution is -2.09. The molecule has 1 amide bonds. The molecule has 3 rings (SSSR count). The molecule has 0 saturated heterocycles. The van der Waals surface area contributed by atoms with Crippen LogP contribution in [0.15, 0.2) is 41.9 Å². The summed E-state index contributed by atoms with van der Waals surface area (Å²) in [6, 6.07) is 5.58. The van der Waals surface area contributed by atoms with Gasteiger partial charge < -0.3 is 5.32 Å². The Bertz CT molecular complexity index is 1030. The van der Waals surface area contributed by atoms with Gasteiger partial charge in [-0.05, 0) is 23.8 Å². The highest BCUT2D eigenvalue weighted by atomic mass is 35.5. The largest absolute Gasteiger partial charge is 0.306 e. The lowest BCUT2D eigenvalue weighted by molar-refractivity contribution is -0.111. The number of ketones is 1. The Morgan fingerprint density at radius 3 is 2.89 bits per heavy atom. The Kier molecular flexibility index (Phi) is 5.78. The van der Waals surface area contributed by atoms with Crippen molar-refractivity contribution >= 4 is 46.5 Å². The second-order valence-corrected chi connectivity index (χ2v) is 6.92. The molecule has 6 nitrogen and oxygen atoms in total. The number of carbonyl (C=O) groups excluding carboxylic acids is 2. The minimum atomic E-state index is -0.442. The molecule has 0 unspecified atom stereocenters. The Balaban J connectivity index is 1.60. The van der Waals surface area contributed by atoms with E-state index in [0.29, 0.717) is 23.6 Å². The standard InChI is InChI=1S/C18H14ClFN4O2S/c1-11(25)15-10-27-18(21-15)9-24-7-6-16(23-24)22-17(26)5-3-12-2-4-13(20)8-14(12)19/h2-8,10H,9H2,1H3,(H,22,23,26)/b5-3+. The van der Waals surface area contributed by atoms with E-state index in [1.807, 2.05) is 0 Å². The number of amides is 1. The van der Waals surface area contributed by atoms with Crippen LogP contribution in [0.4, 0.5) is 10.2 Å². The van der Waals surface area contributed by atoms with Gasteiger partial charge in [0.25, 0.3) is 0 Å². The summed E-state index contributed by atoms with van der Waals surface area (Å²) in [4.78, 5) is 27.5. The number of halogens is 2. The smallest absolute Gasteiger partial charge is 0.249 e. The fourth-order valence-corrected chi connectivity index (χ4v) is 3.22. The Hall–Kier alpha value is -2.84. The molecule has 1 N–H and O–H groups in total. The highest BCUT2D eigenvalue weighted by molar-refractivity contribution is 7.09. The molecule has 1 aromatic carbocycles. The average Bonchev–Trinajstić information content (AvgIpc) is 3.24. The van der Waals surface area contributed by atoms with Gasteiger partial charge in [0, 0.05) is 30.6 Å². The number of carbonyl (C=O) groups is 2. The van der Waals surface area contributed by atoms with Crippen LogP contribution >= 0.6 is 22.9 Å². The van der Waals surface area contributed by atoms with E-state index in [4.69, 9.17) is 11.6 Å². The van der Waals surface area contributed by atoms with E-state index in [1.165, 1.54) is 48.6 Å². The van der Waals surface area contributed by atoms with Gasteiger partial charge in [-0.1, -0.05) is 17.7 Å². The Morgan fingerprint density at radius 2 is 2.19 bits per heavy atom. The van der Waals surface area contributed by atoms with E-state index in [9.17, 15) is 14.0 Å². The molecule has 27 heavy (non-hydrogen) atoms. The lowest BCUT2D eigenvalue weighted by atomic mass is 10.2. The van der Waals surface area contributed by atoms with Crippen molar-refractivity contribution in [2.75, 3.05) is 5.32 Å². The first-order valence-corrected chi connectivity index (χ1v) is 9.09. The van der Waals surface area contributed by atoms with Gasteiger partial charge in [-0.25, -0.2) is 9.37 Å². The first-order valence-electron chi connectivity index (χ1n) is 7.83. The van der Waals surface area contributed by atoms with Crippen molar-refractivity contribution in [1.29, 1.82) is 0 Å². The SMILES string of the molecule is CC(=O)c1csc(Cn2ccc(NC(=O)/C=C/c3ccc(F)cc3Cl)n2)n1. The molecule has 3 aromatic rings. The number of nitrogens with one attached hydrogen (secondary N) is 1. The molecular formula is C18H14ClFN4O2S.